The minimum Gasteiger partial charge on any atom is -0.482 e. The second-order valence-corrected chi connectivity index (χ2v) is 3.80. The molecule has 1 aromatic carbocycles. The lowest BCUT2D eigenvalue weighted by atomic mass is 10.2. The van der Waals surface area contributed by atoms with Crippen LogP contribution in [-0.4, -0.2) is 22.7 Å². The van der Waals surface area contributed by atoms with Gasteiger partial charge in [-0.15, -0.1) is 11.3 Å². The van der Waals surface area contributed by atoms with Gasteiger partial charge in [-0.1, -0.05) is 12.1 Å². The number of hydrogen-bond acceptors (Lipinski definition) is 4. The fourth-order valence-electron chi connectivity index (χ4n) is 1.25. The van der Waals surface area contributed by atoms with E-state index in [1.54, 1.807) is 17.6 Å². The van der Waals surface area contributed by atoms with Crippen molar-refractivity contribution in [1.29, 1.82) is 0 Å². The second kappa shape index (κ2) is 4.76. The molecule has 0 aliphatic heterocycles. The molecule has 1 N–H and O–H groups in total. The van der Waals surface area contributed by atoms with Crippen LogP contribution >= 0.6 is 11.3 Å². The van der Waals surface area contributed by atoms with Gasteiger partial charge in [0.2, 0.25) is 0 Å². The summed E-state index contributed by atoms with van der Waals surface area (Å²) in [6, 6.07) is 7.21. The van der Waals surface area contributed by atoms with Crippen LogP contribution in [-0.2, 0) is 4.79 Å². The van der Waals surface area contributed by atoms with Crippen LogP contribution in [0, 0.1) is 0 Å². The van der Waals surface area contributed by atoms with Gasteiger partial charge in [-0.05, 0) is 12.1 Å². The van der Waals surface area contributed by atoms with E-state index in [0.717, 1.165) is 11.3 Å². The third-order valence-corrected chi connectivity index (χ3v) is 2.51. The van der Waals surface area contributed by atoms with Gasteiger partial charge in [-0.3, -0.25) is 0 Å². The summed E-state index contributed by atoms with van der Waals surface area (Å²) in [4.78, 5) is 14.5. The van der Waals surface area contributed by atoms with E-state index in [-0.39, 0.29) is 6.61 Å². The van der Waals surface area contributed by atoms with E-state index < -0.39 is 5.97 Å². The number of rotatable bonds is 4. The Morgan fingerprint density at radius 2 is 2.38 bits per heavy atom. The fraction of sp³-hybridized carbons (Fsp3) is 0.0909. The van der Waals surface area contributed by atoms with Crippen LogP contribution in [0.15, 0.2) is 35.2 Å². The summed E-state index contributed by atoms with van der Waals surface area (Å²) < 4.78 is 5.08. The molecule has 0 fully saturated rings. The Hall–Kier alpha value is -1.88. The number of carboxylic acid groups (broad SMARTS) is 1. The highest BCUT2D eigenvalue weighted by atomic mass is 32.1. The molecule has 0 amide bonds. The average molecular weight is 235 g/mol. The number of benzene rings is 1. The van der Waals surface area contributed by atoms with Gasteiger partial charge in [0.05, 0.1) is 11.2 Å². The molecule has 0 atom stereocenters. The number of nitrogens with zero attached hydrogens (tertiary/aromatic N) is 1. The van der Waals surface area contributed by atoms with Gasteiger partial charge < -0.3 is 9.84 Å². The number of aromatic nitrogens is 1. The maximum Gasteiger partial charge on any atom is 0.341 e. The number of carbonyl (C=O) groups is 1. The van der Waals surface area contributed by atoms with Crippen LogP contribution < -0.4 is 4.74 Å². The number of thiazole rings is 1. The SMILES string of the molecule is O=C(O)COc1cccc(-c2cscn2)c1. The highest BCUT2D eigenvalue weighted by Crippen LogP contribution is 2.23. The molecule has 0 unspecified atom stereocenters. The smallest absolute Gasteiger partial charge is 0.341 e. The molecular weight excluding hydrogens is 226 g/mol. The van der Waals surface area contributed by atoms with Crippen molar-refractivity contribution < 1.29 is 14.6 Å². The first kappa shape index (κ1) is 10.6. The van der Waals surface area contributed by atoms with Gasteiger partial charge in [-0.25, -0.2) is 9.78 Å². The Morgan fingerprint density at radius 1 is 1.50 bits per heavy atom. The van der Waals surface area contributed by atoms with Crippen LogP contribution in [0.5, 0.6) is 5.75 Å². The molecule has 16 heavy (non-hydrogen) atoms. The average Bonchev–Trinajstić information content (AvgIpc) is 2.80. The van der Waals surface area contributed by atoms with E-state index in [0.29, 0.717) is 5.75 Å². The first-order chi connectivity index (χ1) is 7.75. The Bertz CT molecular complexity index is 482. The predicted octanol–water partition coefficient (Wildman–Crippen LogP) is 2.27. The van der Waals surface area contributed by atoms with Crippen LogP contribution in [0.2, 0.25) is 0 Å². The predicted molar refractivity (Wildman–Crippen MR) is 60.7 cm³/mol. The van der Waals surface area contributed by atoms with Crippen LogP contribution in [0.4, 0.5) is 0 Å². The molecule has 0 bridgehead atoms. The van der Waals surface area contributed by atoms with E-state index in [1.807, 2.05) is 17.5 Å². The van der Waals surface area contributed by atoms with Gasteiger partial charge in [0, 0.05) is 10.9 Å². The van der Waals surface area contributed by atoms with E-state index in [4.69, 9.17) is 9.84 Å². The van der Waals surface area contributed by atoms with Gasteiger partial charge in [0.15, 0.2) is 6.61 Å². The van der Waals surface area contributed by atoms with E-state index in [2.05, 4.69) is 4.98 Å². The molecule has 0 aliphatic carbocycles. The largest absolute Gasteiger partial charge is 0.482 e. The molecule has 1 aromatic heterocycles. The summed E-state index contributed by atoms with van der Waals surface area (Å²) in [5, 5.41) is 10.4. The molecule has 0 saturated carbocycles. The molecular formula is C11H9NO3S. The van der Waals surface area contributed by atoms with Crippen molar-refractivity contribution in [1.82, 2.24) is 4.98 Å². The van der Waals surface area contributed by atoms with Crippen molar-refractivity contribution in [3.63, 3.8) is 0 Å². The molecule has 1 heterocycles. The molecule has 0 aliphatic rings. The third kappa shape index (κ3) is 2.58. The zero-order chi connectivity index (χ0) is 11.4. The Kier molecular flexibility index (Phi) is 3.16. The van der Waals surface area contributed by atoms with Crippen LogP contribution in [0.25, 0.3) is 11.3 Å². The standard InChI is InChI=1S/C11H9NO3S/c13-11(14)5-15-9-3-1-2-8(4-9)10-6-16-7-12-10/h1-4,6-7H,5H2,(H,13,14). The molecule has 4 nitrogen and oxygen atoms in total. The Morgan fingerprint density at radius 3 is 3.06 bits per heavy atom. The number of carboxylic acids is 1. The zero-order valence-corrected chi connectivity index (χ0v) is 9.11. The van der Waals surface area contributed by atoms with Crippen molar-refractivity contribution in [2.24, 2.45) is 0 Å². The van der Waals surface area contributed by atoms with E-state index >= 15 is 0 Å². The minimum atomic E-state index is -0.987. The fourth-order valence-corrected chi connectivity index (χ4v) is 1.81. The number of hydrogen-bond donors (Lipinski definition) is 1. The summed E-state index contributed by atoms with van der Waals surface area (Å²) in [6.07, 6.45) is 0. The molecule has 2 rings (SSSR count). The lowest BCUT2D eigenvalue weighted by molar-refractivity contribution is -0.139. The number of aliphatic carboxylic acids is 1. The topological polar surface area (TPSA) is 59.4 Å². The summed E-state index contributed by atoms with van der Waals surface area (Å²) in [6.45, 7) is -0.333. The van der Waals surface area contributed by atoms with Gasteiger partial charge in [0.1, 0.15) is 5.75 Å². The van der Waals surface area contributed by atoms with Gasteiger partial charge >= 0.3 is 5.97 Å². The lowest BCUT2D eigenvalue weighted by Crippen LogP contribution is -2.09. The summed E-state index contributed by atoms with van der Waals surface area (Å²) in [5.41, 5.74) is 3.54. The van der Waals surface area contributed by atoms with Crippen molar-refractivity contribution in [3.8, 4) is 17.0 Å². The quantitative estimate of drug-likeness (QED) is 0.883. The first-order valence-electron chi connectivity index (χ1n) is 4.59. The Labute approximate surface area is 96.1 Å². The highest BCUT2D eigenvalue weighted by Gasteiger charge is 2.03. The van der Waals surface area contributed by atoms with Crippen LogP contribution in [0.1, 0.15) is 0 Å². The molecule has 2 aromatic rings. The second-order valence-electron chi connectivity index (χ2n) is 3.08. The minimum absolute atomic E-state index is 0.333. The van der Waals surface area contributed by atoms with Crippen molar-refractivity contribution in [2.45, 2.75) is 0 Å². The molecule has 0 radical (unpaired) electrons. The molecule has 5 heteroatoms. The van der Waals surface area contributed by atoms with Gasteiger partial charge in [-0.2, -0.15) is 0 Å². The molecule has 0 saturated heterocycles. The van der Waals surface area contributed by atoms with E-state index in [1.165, 1.54) is 11.3 Å². The summed E-state index contributed by atoms with van der Waals surface area (Å²) in [5.74, 6) is -0.452. The van der Waals surface area contributed by atoms with Crippen molar-refractivity contribution in [2.75, 3.05) is 6.61 Å². The van der Waals surface area contributed by atoms with E-state index in [9.17, 15) is 4.79 Å². The number of ether oxygens (including phenoxy) is 1. The highest BCUT2D eigenvalue weighted by molar-refractivity contribution is 7.07. The maximum absolute atomic E-state index is 10.4. The lowest BCUT2D eigenvalue weighted by Gasteiger charge is -2.04. The summed E-state index contributed by atoms with van der Waals surface area (Å²) >= 11 is 1.51. The van der Waals surface area contributed by atoms with Crippen molar-refractivity contribution in [3.05, 3.63) is 35.2 Å². The normalized spacial score (nSPS) is 10.0. The van der Waals surface area contributed by atoms with Crippen LogP contribution in [0.3, 0.4) is 0 Å². The monoisotopic (exact) mass is 235 g/mol. The first-order valence-corrected chi connectivity index (χ1v) is 5.53. The summed E-state index contributed by atoms with van der Waals surface area (Å²) in [7, 11) is 0. The maximum atomic E-state index is 10.4. The third-order valence-electron chi connectivity index (χ3n) is 1.92. The van der Waals surface area contributed by atoms with Gasteiger partial charge in [0.25, 0.3) is 0 Å². The molecule has 82 valence electrons. The Balaban J connectivity index is 2.17. The van der Waals surface area contributed by atoms with Crippen molar-refractivity contribution >= 4 is 17.3 Å². The molecule has 0 spiro atoms. The zero-order valence-electron chi connectivity index (χ0n) is 8.29.